The number of hydrogen-bond donors (Lipinski definition) is 1. The molecule has 0 bridgehead atoms. The molecule has 1 aliphatic rings. The highest BCUT2D eigenvalue weighted by atomic mass is 16.2. The number of carbonyl (C=O) groups is 1. The highest BCUT2D eigenvalue weighted by Gasteiger charge is 2.26. The Balaban J connectivity index is 1.62. The van der Waals surface area contributed by atoms with Crippen LogP contribution in [0.15, 0.2) is 48.5 Å². The molecule has 0 radical (unpaired) electrons. The van der Waals surface area contributed by atoms with Gasteiger partial charge in [0.2, 0.25) is 5.91 Å². The van der Waals surface area contributed by atoms with E-state index in [0.29, 0.717) is 19.1 Å². The molecule has 2 aromatic rings. The van der Waals surface area contributed by atoms with Crippen LogP contribution in [-0.4, -0.2) is 18.5 Å². The maximum Gasteiger partial charge on any atom is 0.239 e. The van der Waals surface area contributed by atoms with Crippen molar-refractivity contribution in [2.45, 2.75) is 32.9 Å². The van der Waals surface area contributed by atoms with Gasteiger partial charge in [-0.1, -0.05) is 42.5 Å². The summed E-state index contributed by atoms with van der Waals surface area (Å²) in [5, 5.41) is 3.04. The molecular weight excluding hydrogens is 272 g/mol. The van der Waals surface area contributed by atoms with Crippen LogP contribution in [0.25, 0.3) is 0 Å². The van der Waals surface area contributed by atoms with E-state index in [1.807, 2.05) is 18.2 Å². The highest BCUT2D eigenvalue weighted by molar-refractivity contribution is 5.82. The van der Waals surface area contributed by atoms with E-state index >= 15 is 0 Å². The highest BCUT2D eigenvalue weighted by Crippen LogP contribution is 2.31. The zero-order valence-corrected chi connectivity index (χ0v) is 13.2. The Labute approximate surface area is 132 Å². The number of carbonyl (C=O) groups excluding carboxylic acids is 1. The number of fused-ring (bicyclic) bond motifs is 1. The van der Waals surface area contributed by atoms with Crippen molar-refractivity contribution in [3.63, 3.8) is 0 Å². The molecule has 3 rings (SSSR count). The predicted molar refractivity (Wildman–Crippen MR) is 90.0 cm³/mol. The molecule has 0 fully saturated rings. The van der Waals surface area contributed by atoms with Gasteiger partial charge in [0.1, 0.15) is 0 Å². The van der Waals surface area contributed by atoms with Gasteiger partial charge in [-0.15, -0.1) is 0 Å². The van der Waals surface area contributed by atoms with Gasteiger partial charge < -0.3 is 10.2 Å². The van der Waals surface area contributed by atoms with Crippen LogP contribution in [0.4, 0.5) is 5.69 Å². The molecule has 0 spiro atoms. The van der Waals surface area contributed by atoms with Crippen molar-refractivity contribution in [1.82, 2.24) is 5.32 Å². The van der Waals surface area contributed by atoms with Gasteiger partial charge in [0.15, 0.2) is 0 Å². The number of rotatable bonds is 4. The van der Waals surface area contributed by atoms with Crippen LogP contribution in [-0.2, 0) is 17.8 Å². The number of anilines is 1. The van der Waals surface area contributed by atoms with E-state index < -0.39 is 0 Å². The minimum atomic E-state index is 0.0757. The Bertz CT molecular complexity index is 681. The predicted octanol–water partition coefficient (Wildman–Crippen LogP) is 3.06. The lowest BCUT2D eigenvalue weighted by atomic mass is 10.1. The third-order valence-corrected chi connectivity index (χ3v) is 4.40. The zero-order valence-electron chi connectivity index (χ0n) is 13.2. The molecular formula is C19H22N2O. The number of benzene rings is 2. The van der Waals surface area contributed by atoms with E-state index in [1.165, 1.54) is 22.4 Å². The molecule has 1 amide bonds. The van der Waals surface area contributed by atoms with E-state index in [9.17, 15) is 4.79 Å². The van der Waals surface area contributed by atoms with Crippen LogP contribution >= 0.6 is 0 Å². The smallest absolute Gasteiger partial charge is 0.239 e. The standard InChI is InChI=1S/C19H22N2O/c1-14-7-3-4-9-17(14)12-20-19(22)13-21-15(2)11-16-8-5-6-10-18(16)21/h3-10,15H,11-13H2,1-2H3,(H,20,22). The zero-order chi connectivity index (χ0) is 15.5. The lowest BCUT2D eigenvalue weighted by Gasteiger charge is -2.24. The van der Waals surface area contributed by atoms with Crippen molar-refractivity contribution < 1.29 is 4.79 Å². The summed E-state index contributed by atoms with van der Waals surface area (Å²) < 4.78 is 0. The SMILES string of the molecule is Cc1ccccc1CNC(=O)CN1c2ccccc2CC1C. The van der Waals surface area contributed by atoms with Gasteiger partial charge >= 0.3 is 0 Å². The lowest BCUT2D eigenvalue weighted by molar-refractivity contribution is -0.120. The summed E-state index contributed by atoms with van der Waals surface area (Å²) in [4.78, 5) is 14.5. The maximum atomic E-state index is 12.3. The Kier molecular flexibility index (Phi) is 4.14. The summed E-state index contributed by atoms with van der Waals surface area (Å²) in [5.41, 5.74) is 4.91. The first kappa shape index (κ1) is 14.6. The Morgan fingerprint density at radius 3 is 2.73 bits per heavy atom. The second-order valence-corrected chi connectivity index (χ2v) is 6.01. The molecule has 0 aromatic heterocycles. The van der Waals surface area contributed by atoms with Gasteiger partial charge in [-0.3, -0.25) is 4.79 Å². The molecule has 2 aromatic carbocycles. The Morgan fingerprint density at radius 1 is 1.18 bits per heavy atom. The van der Waals surface area contributed by atoms with Gasteiger partial charge in [-0.05, 0) is 43.0 Å². The van der Waals surface area contributed by atoms with Crippen LogP contribution in [0.3, 0.4) is 0 Å². The molecule has 0 saturated carbocycles. The molecule has 0 saturated heterocycles. The second kappa shape index (κ2) is 6.22. The third kappa shape index (κ3) is 2.98. The van der Waals surface area contributed by atoms with E-state index in [4.69, 9.17) is 0 Å². The number of hydrogen-bond acceptors (Lipinski definition) is 2. The number of para-hydroxylation sites is 1. The first-order valence-electron chi connectivity index (χ1n) is 7.81. The normalized spacial score (nSPS) is 16.5. The van der Waals surface area contributed by atoms with Crippen molar-refractivity contribution >= 4 is 11.6 Å². The summed E-state index contributed by atoms with van der Waals surface area (Å²) in [6.45, 7) is 5.26. The molecule has 114 valence electrons. The summed E-state index contributed by atoms with van der Waals surface area (Å²) >= 11 is 0. The maximum absolute atomic E-state index is 12.3. The van der Waals surface area contributed by atoms with E-state index in [2.05, 4.69) is 54.4 Å². The molecule has 1 N–H and O–H groups in total. The fourth-order valence-electron chi connectivity index (χ4n) is 3.08. The van der Waals surface area contributed by atoms with Crippen molar-refractivity contribution in [3.8, 4) is 0 Å². The fraction of sp³-hybridized carbons (Fsp3) is 0.316. The lowest BCUT2D eigenvalue weighted by Crippen LogP contribution is -2.39. The van der Waals surface area contributed by atoms with Gasteiger partial charge in [0.25, 0.3) is 0 Å². The minimum Gasteiger partial charge on any atom is -0.359 e. The van der Waals surface area contributed by atoms with E-state index in [1.54, 1.807) is 0 Å². The van der Waals surface area contributed by atoms with Crippen LogP contribution in [0.1, 0.15) is 23.6 Å². The average Bonchev–Trinajstić information content (AvgIpc) is 2.83. The van der Waals surface area contributed by atoms with Crippen LogP contribution < -0.4 is 10.2 Å². The van der Waals surface area contributed by atoms with Gasteiger partial charge in [-0.25, -0.2) is 0 Å². The van der Waals surface area contributed by atoms with Gasteiger partial charge in [-0.2, -0.15) is 0 Å². The molecule has 3 nitrogen and oxygen atoms in total. The summed E-state index contributed by atoms with van der Waals surface area (Å²) in [6.07, 6.45) is 1.02. The third-order valence-electron chi connectivity index (χ3n) is 4.40. The number of amides is 1. The molecule has 0 aliphatic carbocycles. The number of aryl methyl sites for hydroxylation is 1. The summed E-state index contributed by atoms with van der Waals surface area (Å²) in [6, 6.07) is 16.9. The van der Waals surface area contributed by atoms with Crippen molar-refractivity contribution in [2.75, 3.05) is 11.4 Å². The number of nitrogens with one attached hydrogen (secondary N) is 1. The summed E-state index contributed by atoms with van der Waals surface area (Å²) in [7, 11) is 0. The molecule has 1 unspecified atom stereocenters. The van der Waals surface area contributed by atoms with Crippen molar-refractivity contribution in [2.24, 2.45) is 0 Å². The first-order chi connectivity index (χ1) is 10.6. The fourth-order valence-corrected chi connectivity index (χ4v) is 3.08. The van der Waals surface area contributed by atoms with E-state index in [0.717, 1.165) is 6.42 Å². The molecule has 22 heavy (non-hydrogen) atoms. The molecule has 1 aliphatic heterocycles. The minimum absolute atomic E-state index is 0.0757. The van der Waals surface area contributed by atoms with E-state index in [-0.39, 0.29) is 5.91 Å². The Hall–Kier alpha value is -2.29. The van der Waals surface area contributed by atoms with Crippen LogP contribution in [0.2, 0.25) is 0 Å². The second-order valence-electron chi connectivity index (χ2n) is 6.01. The van der Waals surface area contributed by atoms with Crippen molar-refractivity contribution in [1.29, 1.82) is 0 Å². The Morgan fingerprint density at radius 2 is 1.91 bits per heavy atom. The quantitative estimate of drug-likeness (QED) is 0.940. The molecule has 1 atom stereocenters. The molecule has 3 heteroatoms. The van der Waals surface area contributed by atoms with Gasteiger partial charge in [0.05, 0.1) is 6.54 Å². The number of nitrogens with zero attached hydrogens (tertiary/aromatic N) is 1. The summed E-state index contributed by atoms with van der Waals surface area (Å²) in [5.74, 6) is 0.0757. The largest absolute Gasteiger partial charge is 0.359 e. The first-order valence-corrected chi connectivity index (χ1v) is 7.81. The van der Waals surface area contributed by atoms with Crippen LogP contribution in [0, 0.1) is 6.92 Å². The topological polar surface area (TPSA) is 32.3 Å². The average molecular weight is 294 g/mol. The monoisotopic (exact) mass is 294 g/mol. The van der Waals surface area contributed by atoms with Crippen LogP contribution in [0.5, 0.6) is 0 Å². The van der Waals surface area contributed by atoms with Crippen molar-refractivity contribution in [3.05, 3.63) is 65.2 Å². The van der Waals surface area contributed by atoms with Gasteiger partial charge in [0, 0.05) is 18.3 Å². The molecule has 1 heterocycles.